The molecule has 4 rings (SSSR count). The fourth-order valence-corrected chi connectivity index (χ4v) is 5.37. The number of anilines is 2. The molecule has 0 unspecified atom stereocenters. The van der Waals surface area contributed by atoms with Crippen molar-refractivity contribution >= 4 is 44.6 Å². The van der Waals surface area contributed by atoms with Crippen LogP contribution in [0.15, 0.2) is 81.4 Å². The highest BCUT2D eigenvalue weighted by Crippen LogP contribution is 2.47. The summed E-state index contributed by atoms with van der Waals surface area (Å²) in [5.41, 5.74) is 1.70. The molecule has 3 aromatic rings. The van der Waals surface area contributed by atoms with Crippen molar-refractivity contribution in [2.45, 2.75) is 21.1 Å². The maximum Gasteiger partial charge on any atom is 0.271 e. The van der Waals surface area contributed by atoms with E-state index in [9.17, 15) is 23.3 Å². The van der Waals surface area contributed by atoms with Crippen LogP contribution in [-0.2, 0) is 9.84 Å². The van der Waals surface area contributed by atoms with E-state index in [-0.39, 0.29) is 10.5 Å². The summed E-state index contributed by atoms with van der Waals surface area (Å²) in [6, 6.07) is 19.5. The summed E-state index contributed by atoms with van der Waals surface area (Å²) in [6.07, 6.45) is 1.56. The fraction of sp³-hybridized carbons (Fsp3) is 0.174. The zero-order valence-electron chi connectivity index (χ0n) is 17.7. The SMILES string of the molecule is CS(=O)(=O)c1cc(C(=O)NCCCN2c3ccccc3Sc3ccccc32)cc([N+](=O)[O-])c1. The lowest BCUT2D eigenvalue weighted by Crippen LogP contribution is -2.29. The fourth-order valence-electron chi connectivity index (χ4n) is 3.60. The molecule has 33 heavy (non-hydrogen) atoms. The Morgan fingerprint density at radius 2 is 1.64 bits per heavy atom. The quantitative estimate of drug-likeness (QED) is 0.301. The highest BCUT2D eigenvalue weighted by molar-refractivity contribution is 7.99. The second kappa shape index (κ2) is 9.24. The largest absolute Gasteiger partial charge is 0.352 e. The Morgan fingerprint density at radius 1 is 1.03 bits per heavy atom. The Balaban J connectivity index is 1.46. The normalized spacial score (nSPS) is 12.6. The summed E-state index contributed by atoms with van der Waals surface area (Å²) in [5, 5.41) is 13.9. The number of rotatable bonds is 7. The van der Waals surface area contributed by atoms with Crippen LogP contribution in [-0.4, -0.2) is 38.6 Å². The summed E-state index contributed by atoms with van der Waals surface area (Å²) >= 11 is 1.72. The van der Waals surface area contributed by atoms with Crippen LogP contribution in [0.25, 0.3) is 0 Å². The van der Waals surface area contributed by atoms with Crippen molar-refractivity contribution in [3.05, 3.63) is 82.4 Å². The van der Waals surface area contributed by atoms with Crippen LogP contribution in [0.3, 0.4) is 0 Å². The van der Waals surface area contributed by atoms with E-state index in [0.717, 1.165) is 45.6 Å². The van der Waals surface area contributed by atoms with Crippen LogP contribution < -0.4 is 10.2 Å². The minimum absolute atomic E-state index is 0.0605. The number of fused-ring (bicyclic) bond motifs is 2. The molecule has 1 aliphatic rings. The molecule has 8 nitrogen and oxygen atoms in total. The molecule has 0 saturated heterocycles. The lowest BCUT2D eigenvalue weighted by atomic mass is 10.2. The number of nitro groups is 1. The first-order valence-corrected chi connectivity index (χ1v) is 12.9. The van der Waals surface area contributed by atoms with Gasteiger partial charge in [-0.15, -0.1) is 0 Å². The molecule has 170 valence electrons. The van der Waals surface area contributed by atoms with Crippen molar-refractivity contribution in [1.82, 2.24) is 5.32 Å². The van der Waals surface area contributed by atoms with E-state index in [1.54, 1.807) is 11.8 Å². The van der Waals surface area contributed by atoms with Gasteiger partial charge in [0.05, 0.1) is 21.2 Å². The molecule has 1 amide bonds. The highest BCUT2D eigenvalue weighted by Gasteiger charge is 2.23. The zero-order valence-corrected chi connectivity index (χ0v) is 19.4. The summed E-state index contributed by atoms with van der Waals surface area (Å²) in [6.45, 7) is 0.974. The Bertz CT molecular complexity index is 1300. The Hall–Kier alpha value is -3.37. The van der Waals surface area contributed by atoms with E-state index in [0.29, 0.717) is 19.5 Å². The minimum Gasteiger partial charge on any atom is -0.352 e. The maximum absolute atomic E-state index is 12.6. The van der Waals surface area contributed by atoms with E-state index in [1.165, 1.54) is 0 Å². The average Bonchev–Trinajstić information content (AvgIpc) is 2.80. The third-order valence-corrected chi connectivity index (χ3v) is 7.39. The third-order valence-electron chi connectivity index (χ3n) is 5.17. The highest BCUT2D eigenvalue weighted by atomic mass is 32.2. The number of benzene rings is 3. The van der Waals surface area contributed by atoms with E-state index in [2.05, 4.69) is 34.5 Å². The number of sulfone groups is 1. The lowest BCUT2D eigenvalue weighted by molar-refractivity contribution is -0.385. The van der Waals surface area contributed by atoms with Crippen LogP contribution in [0, 0.1) is 10.1 Å². The molecule has 0 fully saturated rings. The number of nitrogens with zero attached hydrogens (tertiary/aromatic N) is 2. The van der Waals surface area contributed by atoms with Gasteiger partial charge in [-0.3, -0.25) is 14.9 Å². The first-order chi connectivity index (χ1) is 15.7. The van der Waals surface area contributed by atoms with Gasteiger partial charge < -0.3 is 10.2 Å². The standard InChI is InChI=1S/C23H21N3O5S2/c1-33(30,31)18-14-16(13-17(15-18)26(28)29)23(27)24-11-6-12-25-19-7-2-4-9-21(19)32-22-10-5-3-8-20(22)25/h2-5,7-10,13-15H,6,11-12H2,1H3,(H,24,27). The molecule has 0 aliphatic carbocycles. The van der Waals surface area contributed by atoms with Crippen molar-refractivity contribution in [2.24, 2.45) is 0 Å². The molecule has 0 bridgehead atoms. The first kappa shape index (κ1) is 22.8. The molecular weight excluding hydrogens is 462 g/mol. The van der Waals surface area contributed by atoms with Crippen molar-refractivity contribution in [1.29, 1.82) is 0 Å². The van der Waals surface area contributed by atoms with Gasteiger partial charge in [0, 0.05) is 46.8 Å². The van der Waals surface area contributed by atoms with E-state index < -0.39 is 26.4 Å². The van der Waals surface area contributed by atoms with E-state index >= 15 is 0 Å². The average molecular weight is 484 g/mol. The molecule has 1 N–H and O–H groups in total. The van der Waals surface area contributed by atoms with Gasteiger partial charge in [0.15, 0.2) is 9.84 Å². The number of non-ortho nitro benzene ring substituents is 1. The molecule has 0 aromatic heterocycles. The van der Waals surface area contributed by atoms with Gasteiger partial charge in [0.25, 0.3) is 11.6 Å². The van der Waals surface area contributed by atoms with Crippen molar-refractivity contribution in [2.75, 3.05) is 24.2 Å². The van der Waals surface area contributed by atoms with Gasteiger partial charge in [0.2, 0.25) is 0 Å². The Labute approximate surface area is 195 Å². The van der Waals surface area contributed by atoms with Crippen LogP contribution in [0.2, 0.25) is 0 Å². The number of para-hydroxylation sites is 2. The van der Waals surface area contributed by atoms with E-state index in [4.69, 9.17) is 0 Å². The zero-order chi connectivity index (χ0) is 23.6. The maximum atomic E-state index is 12.6. The van der Waals surface area contributed by atoms with Crippen LogP contribution in [0.4, 0.5) is 17.1 Å². The molecule has 0 saturated carbocycles. The Morgan fingerprint density at radius 3 is 2.21 bits per heavy atom. The van der Waals surface area contributed by atoms with Crippen LogP contribution >= 0.6 is 11.8 Å². The molecule has 1 aliphatic heterocycles. The smallest absolute Gasteiger partial charge is 0.271 e. The van der Waals surface area contributed by atoms with Crippen molar-refractivity contribution < 1.29 is 18.1 Å². The monoisotopic (exact) mass is 483 g/mol. The summed E-state index contributed by atoms with van der Waals surface area (Å²) in [5.74, 6) is -0.557. The molecule has 3 aromatic carbocycles. The number of nitro benzene ring substituents is 1. The predicted molar refractivity (Wildman–Crippen MR) is 127 cm³/mol. The lowest BCUT2D eigenvalue weighted by Gasteiger charge is -2.32. The number of carbonyl (C=O) groups excluding carboxylic acids is 1. The summed E-state index contributed by atoms with van der Waals surface area (Å²) < 4.78 is 23.7. The summed E-state index contributed by atoms with van der Waals surface area (Å²) in [4.78, 5) is 27.3. The topological polar surface area (TPSA) is 110 Å². The molecular formula is C23H21N3O5S2. The van der Waals surface area contributed by atoms with Crippen LogP contribution in [0.5, 0.6) is 0 Å². The number of hydrogen-bond donors (Lipinski definition) is 1. The number of nitrogens with one attached hydrogen (secondary N) is 1. The van der Waals surface area contributed by atoms with Crippen molar-refractivity contribution in [3.63, 3.8) is 0 Å². The van der Waals surface area contributed by atoms with E-state index in [1.807, 2.05) is 24.3 Å². The molecule has 0 atom stereocenters. The van der Waals surface area contributed by atoms with Gasteiger partial charge in [0.1, 0.15) is 0 Å². The molecule has 0 radical (unpaired) electrons. The summed E-state index contributed by atoms with van der Waals surface area (Å²) in [7, 11) is -3.70. The second-order valence-corrected chi connectivity index (χ2v) is 10.6. The Kier molecular flexibility index (Phi) is 6.39. The number of hydrogen-bond acceptors (Lipinski definition) is 7. The predicted octanol–water partition coefficient (Wildman–Crippen LogP) is 4.42. The van der Waals surface area contributed by atoms with Gasteiger partial charge in [-0.2, -0.15) is 0 Å². The third kappa shape index (κ3) is 5.01. The first-order valence-electron chi connectivity index (χ1n) is 10.2. The van der Waals surface area contributed by atoms with Gasteiger partial charge in [-0.25, -0.2) is 8.42 Å². The minimum atomic E-state index is -3.70. The van der Waals surface area contributed by atoms with Crippen molar-refractivity contribution in [3.8, 4) is 0 Å². The molecule has 10 heteroatoms. The molecule has 0 spiro atoms. The van der Waals surface area contributed by atoms with Gasteiger partial charge in [-0.1, -0.05) is 36.0 Å². The number of carbonyl (C=O) groups is 1. The van der Waals surface area contributed by atoms with Gasteiger partial charge in [-0.05, 0) is 36.8 Å². The second-order valence-electron chi connectivity index (χ2n) is 7.54. The van der Waals surface area contributed by atoms with Gasteiger partial charge >= 0.3 is 0 Å². The number of amides is 1. The van der Waals surface area contributed by atoms with Crippen LogP contribution in [0.1, 0.15) is 16.8 Å². The molecule has 1 heterocycles.